The minimum Gasteiger partial charge on any atom is -0.357 e. The monoisotopic (exact) mass is 362 g/mol. The molecule has 6 heteroatoms. The second kappa shape index (κ2) is 5.87. The molecule has 3 rings (SSSR count). The van der Waals surface area contributed by atoms with Crippen LogP contribution in [0.1, 0.15) is 0 Å². The van der Waals surface area contributed by atoms with Gasteiger partial charge in [0.15, 0.2) is 0 Å². The van der Waals surface area contributed by atoms with E-state index < -0.39 is 0 Å². The third-order valence-corrected chi connectivity index (χ3v) is 3.82. The van der Waals surface area contributed by atoms with E-state index in [1.807, 2.05) is 42.5 Å². The number of hydrogen-bond acceptors (Lipinski definition) is 4. The molecule has 0 radical (unpaired) electrons. The Hall–Kier alpha value is -1.85. The Labute approximate surface area is 135 Å². The molecule has 2 N–H and O–H groups in total. The quantitative estimate of drug-likeness (QED) is 0.699. The topological polar surface area (TPSA) is 49.8 Å². The summed E-state index contributed by atoms with van der Waals surface area (Å²) in [6.45, 7) is 0. The third kappa shape index (κ3) is 2.94. The van der Waals surface area contributed by atoms with Gasteiger partial charge in [-0.3, -0.25) is 0 Å². The Morgan fingerprint density at radius 3 is 2.67 bits per heavy atom. The first kappa shape index (κ1) is 14.1. The smallest absolute Gasteiger partial charge is 0.224 e. The van der Waals surface area contributed by atoms with Crippen LogP contribution in [0.2, 0.25) is 5.02 Å². The van der Waals surface area contributed by atoms with Gasteiger partial charge < -0.3 is 10.6 Å². The van der Waals surface area contributed by atoms with Crippen LogP contribution < -0.4 is 10.6 Å². The van der Waals surface area contributed by atoms with Gasteiger partial charge in [0.05, 0.1) is 16.2 Å². The van der Waals surface area contributed by atoms with E-state index in [0.29, 0.717) is 16.8 Å². The minimum atomic E-state index is 0.560. The zero-order valence-electron chi connectivity index (χ0n) is 11.2. The van der Waals surface area contributed by atoms with Gasteiger partial charge in [-0.25, -0.2) is 4.98 Å². The maximum Gasteiger partial charge on any atom is 0.224 e. The van der Waals surface area contributed by atoms with E-state index in [2.05, 4.69) is 36.5 Å². The lowest BCUT2D eigenvalue weighted by Gasteiger charge is -2.12. The van der Waals surface area contributed by atoms with Crippen molar-refractivity contribution in [1.82, 2.24) is 9.97 Å². The van der Waals surface area contributed by atoms with Gasteiger partial charge in [-0.05, 0) is 30.3 Å². The molecule has 0 aliphatic rings. The van der Waals surface area contributed by atoms with Gasteiger partial charge >= 0.3 is 0 Å². The summed E-state index contributed by atoms with van der Waals surface area (Å²) in [5.41, 5.74) is 1.67. The molecule has 0 atom stereocenters. The van der Waals surface area contributed by atoms with E-state index in [4.69, 9.17) is 11.6 Å². The standard InChI is InChI=1S/C15H12BrClN4/c1-18-15-20-12-5-3-2-4-10(12)14(21-15)19-13-7-6-9(16)8-11(13)17/h2-8H,1H3,(H2,18,19,20,21). The third-order valence-electron chi connectivity index (χ3n) is 3.01. The van der Waals surface area contributed by atoms with E-state index >= 15 is 0 Å². The van der Waals surface area contributed by atoms with Gasteiger partial charge in [-0.15, -0.1) is 0 Å². The number of halogens is 2. The number of nitrogens with one attached hydrogen (secondary N) is 2. The SMILES string of the molecule is CNc1nc(Nc2ccc(Br)cc2Cl)c2ccccc2n1. The molecule has 0 saturated heterocycles. The molecule has 0 spiro atoms. The molecule has 3 aromatic rings. The fraction of sp³-hybridized carbons (Fsp3) is 0.0667. The van der Waals surface area contributed by atoms with Crippen LogP contribution >= 0.6 is 27.5 Å². The molecule has 0 unspecified atom stereocenters. The summed E-state index contributed by atoms with van der Waals surface area (Å²) in [4.78, 5) is 8.90. The average Bonchev–Trinajstić information content (AvgIpc) is 2.49. The highest BCUT2D eigenvalue weighted by Crippen LogP contribution is 2.30. The van der Waals surface area contributed by atoms with Crippen LogP contribution in [0.4, 0.5) is 17.5 Å². The van der Waals surface area contributed by atoms with Gasteiger partial charge in [0.25, 0.3) is 0 Å². The molecule has 4 nitrogen and oxygen atoms in total. The summed E-state index contributed by atoms with van der Waals surface area (Å²) in [5.74, 6) is 1.28. The lowest BCUT2D eigenvalue weighted by molar-refractivity contribution is 1.19. The van der Waals surface area contributed by atoms with Crippen LogP contribution in [0.5, 0.6) is 0 Å². The Morgan fingerprint density at radius 2 is 1.90 bits per heavy atom. The highest BCUT2D eigenvalue weighted by Gasteiger charge is 2.09. The summed E-state index contributed by atoms with van der Waals surface area (Å²) < 4.78 is 0.932. The van der Waals surface area contributed by atoms with Crippen molar-refractivity contribution in [2.24, 2.45) is 0 Å². The Balaban J connectivity index is 2.10. The van der Waals surface area contributed by atoms with Crippen LogP contribution in [-0.4, -0.2) is 17.0 Å². The number of anilines is 3. The van der Waals surface area contributed by atoms with E-state index in [1.165, 1.54) is 0 Å². The van der Waals surface area contributed by atoms with Gasteiger partial charge in [0, 0.05) is 16.9 Å². The van der Waals surface area contributed by atoms with Gasteiger partial charge in [-0.2, -0.15) is 4.98 Å². The maximum atomic E-state index is 6.25. The predicted molar refractivity (Wildman–Crippen MR) is 91.5 cm³/mol. The molecule has 0 bridgehead atoms. The summed E-state index contributed by atoms with van der Waals surface area (Å²) in [5, 5.41) is 7.80. The van der Waals surface area contributed by atoms with Crippen molar-refractivity contribution in [3.63, 3.8) is 0 Å². The predicted octanol–water partition coefficient (Wildman–Crippen LogP) is 4.83. The molecular formula is C15H12BrClN4. The van der Waals surface area contributed by atoms with E-state index in [1.54, 1.807) is 7.05 Å². The number of fused-ring (bicyclic) bond motifs is 1. The number of nitrogens with zero attached hydrogens (tertiary/aromatic N) is 2. The Kier molecular flexibility index (Phi) is 3.94. The lowest BCUT2D eigenvalue weighted by Crippen LogP contribution is -2.02. The number of benzene rings is 2. The fourth-order valence-electron chi connectivity index (χ4n) is 2.00. The average molecular weight is 364 g/mol. The van der Waals surface area contributed by atoms with Crippen LogP contribution in [0.15, 0.2) is 46.9 Å². The van der Waals surface area contributed by atoms with Crippen molar-refractivity contribution in [3.8, 4) is 0 Å². The van der Waals surface area contributed by atoms with E-state index in [9.17, 15) is 0 Å². The highest BCUT2D eigenvalue weighted by atomic mass is 79.9. The second-order valence-electron chi connectivity index (χ2n) is 4.41. The van der Waals surface area contributed by atoms with Crippen LogP contribution in [0.3, 0.4) is 0 Å². The molecule has 0 fully saturated rings. The molecule has 0 aliphatic carbocycles. The minimum absolute atomic E-state index is 0.560. The van der Waals surface area contributed by atoms with Gasteiger partial charge in [0.1, 0.15) is 5.82 Å². The number of hydrogen-bond donors (Lipinski definition) is 2. The number of aromatic nitrogens is 2. The van der Waals surface area contributed by atoms with Crippen molar-refractivity contribution in [3.05, 3.63) is 52.0 Å². The van der Waals surface area contributed by atoms with Crippen molar-refractivity contribution in [2.75, 3.05) is 17.7 Å². The molecule has 2 aromatic carbocycles. The van der Waals surface area contributed by atoms with Crippen LogP contribution in [0.25, 0.3) is 10.9 Å². The van der Waals surface area contributed by atoms with Crippen molar-refractivity contribution in [2.45, 2.75) is 0 Å². The molecule has 21 heavy (non-hydrogen) atoms. The lowest BCUT2D eigenvalue weighted by atomic mass is 10.2. The maximum absolute atomic E-state index is 6.25. The van der Waals surface area contributed by atoms with Crippen molar-refractivity contribution >= 4 is 55.9 Å². The summed E-state index contributed by atoms with van der Waals surface area (Å²) in [6, 6.07) is 13.5. The molecule has 1 aromatic heterocycles. The molecule has 0 amide bonds. The first-order chi connectivity index (χ1) is 10.2. The normalized spacial score (nSPS) is 10.6. The molecule has 106 valence electrons. The Bertz CT molecular complexity index is 807. The zero-order chi connectivity index (χ0) is 14.8. The summed E-state index contributed by atoms with van der Waals surface area (Å²) in [7, 11) is 1.79. The Morgan fingerprint density at radius 1 is 1.10 bits per heavy atom. The van der Waals surface area contributed by atoms with Gasteiger partial charge in [0.2, 0.25) is 5.95 Å². The van der Waals surface area contributed by atoms with Crippen LogP contribution in [-0.2, 0) is 0 Å². The largest absolute Gasteiger partial charge is 0.357 e. The molecule has 0 saturated carbocycles. The van der Waals surface area contributed by atoms with Crippen molar-refractivity contribution < 1.29 is 0 Å². The number of para-hydroxylation sites is 1. The highest BCUT2D eigenvalue weighted by molar-refractivity contribution is 9.10. The summed E-state index contributed by atoms with van der Waals surface area (Å²) >= 11 is 9.65. The fourth-order valence-corrected chi connectivity index (χ4v) is 2.72. The zero-order valence-corrected chi connectivity index (χ0v) is 13.5. The van der Waals surface area contributed by atoms with E-state index in [-0.39, 0.29) is 0 Å². The molecule has 1 heterocycles. The van der Waals surface area contributed by atoms with Gasteiger partial charge in [-0.1, -0.05) is 39.7 Å². The number of rotatable bonds is 3. The molecule has 0 aliphatic heterocycles. The first-order valence-corrected chi connectivity index (χ1v) is 7.51. The summed E-state index contributed by atoms with van der Waals surface area (Å²) in [6.07, 6.45) is 0. The van der Waals surface area contributed by atoms with Crippen molar-refractivity contribution in [1.29, 1.82) is 0 Å². The second-order valence-corrected chi connectivity index (χ2v) is 5.74. The molecular weight excluding hydrogens is 352 g/mol. The van der Waals surface area contributed by atoms with E-state index in [0.717, 1.165) is 21.1 Å². The first-order valence-electron chi connectivity index (χ1n) is 6.34. The van der Waals surface area contributed by atoms with Crippen LogP contribution in [0, 0.1) is 0 Å².